The fourth-order valence-corrected chi connectivity index (χ4v) is 3.20. The van der Waals surface area contributed by atoms with Crippen molar-refractivity contribution in [1.82, 2.24) is 19.9 Å². The number of benzene rings is 1. The Hall–Kier alpha value is -3.54. The van der Waals surface area contributed by atoms with E-state index < -0.39 is 0 Å². The number of pyridine rings is 2. The normalized spacial score (nSPS) is 10.9. The van der Waals surface area contributed by atoms with Crippen molar-refractivity contribution in [1.29, 1.82) is 0 Å². The highest BCUT2D eigenvalue weighted by molar-refractivity contribution is 5.87. The molecule has 0 aliphatic heterocycles. The second-order valence-electron chi connectivity index (χ2n) is 6.49. The molecule has 0 aliphatic carbocycles. The summed E-state index contributed by atoms with van der Waals surface area (Å²) >= 11 is 0. The smallest absolute Gasteiger partial charge is 0.240 e. The van der Waals surface area contributed by atoms with Crippen molar-refractivity contribution in [3.8, 4) is 11.3 Å². The average molecular weight is 374 g/mol. The van der Waals surface area contributed by atoms with Gasteiger partial charge in [-0.05, 0) is 72.1 Å². The first-order chi connectivity index (χ1) is 13.7. The maximum absolute atomic E-state index is 13.3. The number of nitrogens with zero attached hydrogens (tertiary/aromatic N) is 3. The van der Waals surface area contributed by atoms with E-state index in [0.717, 1.165) is 34.3 Å². The molecular formula is C22H19FN4O. The molecule has 4 aromatic rings. The van der Waals surface area contributed by atoms with Gasteiger partial charge in [0.2, 0.25) is 5.91 Å². The predicted molar refractivity (Wildman–Crippen MR) is 106 cm³/mol. The summed E-state index contributed by atoms with van der Waals surface area (Å²) in [7, 11) is 0. The molecule has 1 aromatic carbocycles. The zero-order valence-electron chi connectivity index (χ0n) is 15.2. The number of fused-ring (bicyclic) bond motifs is 1. The highest BCUT2D eigenvalue weighted by atomic mass is 19.1. The van der Waals surface area contributed by atoms with Crippen molar-refractivity contribution < 1.29 is 9.18 Å². The third-order valence-corrected chi connectivity index (χ3v) is 4.58. The van der Waals surface area contributed by atoms with Crippen LogP contribution in [0.4, 0.5) is 4.39 Å². The zero-order valence-corrected chi connectivity index (χ0v) is 15.2. The van der Waals surface area contributed by atoms with Gasteiger partial charge in [0.05, 0.1) is 5.69 Å². The van der Waals surface area contributed by atoms with Crippen molar-refractivity contribution in [2.75, 3.05) is 6.54 Å². The topological polar surface area (TPSA) is 59.8 Å². The van der Waals surface area contributed by atoms with Gasteiger partial charge in [-0.2, -0.15) is 0 Å². The summed E-state index contributed by atoms with van der Waals surface area (Å²) in [6.07, 6.45) is 5.92. The number of hydrogen-bond donors (Lipinski definition) is 1. The second kappa shape index (κ2) is 8.00. The van der Waals surface area contributed by atoms with E-state index in [1.807, 2.05) is 34.9 Å². The van der Waals surface area contributed by atoms with E-state index in [1.165, 1.54) is 12.1 Å². The Labute approximate surface area is 161 Å². The fourth-order valence-electron chi connectivity index (χ4n) is 3.20. The molecule has 0 atom stereocenters. The summed E-state index contributed by atoms with van der Waals surface area (Å²) in [5.74, 6) is -0.390. The van der Waals surface area contributed by atoms with Gasteiger partial charge in [0, 0.05) is 30.5 Å². The minimum atomic E-state index is -0.293. The van der Waals surface area contributed by atoms with Gasteiger partial charge in [0.15, 0.2) is 0 Å². The first kappa shape index (κ1) is 17.9. The molecule has 140 valence electrons. The molecule has 6 heteroatoms. The summed E-state index contributed by atoms with van der Waals surface area (Å²) in [6, 6.07) is 15.9. The van der Waals surface area contributed by atoms with Crippen LogP contribution >= 0.6 is 0 Å². The summed E-state index contributed by atoms with van der Waals surface area (Å²) in [6.45, 7) is 0.685. The van der Waals surface area contributed by atoms with E-state index >= 15 is 0 Å². The van der Waals surface area contributed by atoms with Crippen molar-refractivity contribution in [3.63, 3.8) is 0 Å². The number of hydrogen-bond acceptors (Lipinski definition) is 3. The van der Waals surface area contributed by atoms with Gasteiger partial charge in [0.1, 0.15) is 18.0 Å². The second-order valence-corrected chi connectivity index (χ2v) is 6.49. The maximum atomic E-state index is 13.3. The molecule has 28 heavy (non-hydrogen) atoms. The van der Waals surface area contributed by atoms with Crippen LogP contribution in [0.25, 0.3) is 22.3 Å². The van der Waals surface area contributed by atoms with Crippen molar-refractivity contribution in [2.24, 2.45) is 0 Å². The molecular weight excluding hydrogens is 355 g/mol. The van der Waals surface area contributed by atoms with Crippen LogP contribution in [0.15, 0.2) is 73.2 Å². The first-order valence-electron chi connectivity index (χ1n) is 9.06. The summed E-state index contributed by atoms with van der Waals surface area (Å²) in [5, 5.41) is 3.89. The lowest BCUT2D eigenvalue weighted by Crippen LogP contribution is -2.29. The number of halogens is 1. The van der Waals surface area contributed by atoms with E-state index in [0.29, 0.717) is 6.54 Å². The van der Waals surface area contributed by atoms with Crippen LogP contribution < -0.4 is 5.32 Å². The molecule has 0 spiro atoms. The van der Waals surface area contributed by atoms with Gasteiger partial charge in [0.25, 0.3) is 0 Å². The van der Waals surface area contributed by atoms with E-state index in [-0.39, 0.29) is 18.3 Å². The van der Waals surface area contributed by atoms with E-state index in [2.05, 4.69) is 15.3 Å². The number of rotatable bonds is 6. The molecule has 1 amide bonds. The monoisotopic (exact) mass is 374 g/mol. The zero-order chi connectivity index (χ0) is 19.3. The van der Waals surface area contributed by atoms with Crippen LogP contribution in [0.2, 0.25) is 0 Å². The van der Waals surface area contributed by atoms with E-state index in [9.17, 15) is 9.18 Å². The van der Waals surface area contributed by atoms with Crippen molar-refractivity contribution in [3.05, 3.63) is 84.6 Å². The molecule has 0 radical (unpaired) electrons. The number of aromatic nitrogens is 3. The molecule has 0 fully saturated rings. The van der Waals surface area contributed by atoms with Crippen LogP contribution in [-0.4, -0.2) is 27.0 Å². The standard InChI is InChI=1S/C22H19FN4O/c23-19-5-3-17(4-6-19)20-14-18-2-1-10-26-22(18)27(20)15-21(28)25-13-9-16-7-11-24-12-8-16/h1-8,10-12,14H,9,13,15H2,(H,25,28). The molecule has 0 saturated carbocycles. The first-order valence-corrected chi connectivity index (χ1v) is 9.06. The van der Waals surface area contributed by atoms with E-state index in [1.54, 1.807) is 30.7 Å². The minimum Gasteiger partial charge on any atom is -0.354 e. The molecule has 1 N–H and O–H groups in total. The molecule has 3 heterocycles. The summed E-state index contributed by atoms with van der Waals surface area (Å²) in [4.78, 5) is 21.0. The molecule has 5 nitrogen and oxygen atoms in total. The van der Waals surface area contributed by atoms with Crippen LogP contribution in [0.3, 0.4) is 0 Å². The summed E-state index contributed by atoms with van der Waals surface area (Å²) in [5.41, 5.74) is 3.52. The molecule has 0 saturated heterocycles. The van der Waals surface area contributed by atoms with Crippen LogP contribution in [-0.2, 0) is 17.8 Å². The van der Waals surface area contributed by atoms with Crippen LogP contribution in [0.1, 0.15) is 5.56 Å². The minimum absolute atomic E-state index is 0.0967. The van der Waals surface area contributed by atoms with E-state index in [4.69, 9.17) is 0 Å². The lowest BCUT2D eigenvalue weighted by Gasteiger charge is -2.11. The van der Waals surface area contributed by atoms with Crippen molar-refractivity contribution >= 4 is 16.9 Å². The fraction of sp³-hybridized carbons (Fsp3) is 0.136. The Kier molecular flexibility index (Phi) is 5.10. The van der Waals surface area contributed by atoms with Gasteiger partial charge in [-0.3, -0.25) is 9.78 Å². The molecule has 0 unspecified atom stereocenters. The molecule has 4 rings (SSSR count). The Bertz CT molecular complexity index is 1090. The Balaban J connectivity index is 1.54. The Morgan fingerprint density at radius 3 is 2.61 bits per heavy atom. The third kappa shape index (κ3) is 3.91. The summed E-state index contributed by atoms with van der Waals surface area (Å²) < 4.78 is 15.2. The third-order valence-electron chi connectivity index (χ3n) is 4.58. The molecule has 3 aromatic heterocycles. The van der Waals surface area contributed by atoms with Gasteiger partial charge in [-0.1, -0.05) is 0 Å². The van der Waals surface area contributed by atoms with Crippen LogP contribution in [0, 0.1) is 5.82 Å². The lowest BCUT2D eigenvalue weighted by atomic mass is 10.1. The Morgan fingerprint density at radius 1 is 1.04 bits per heavy atom. The average Bonchev–Trinajstić information content (AvgIpc) is 3.08. The largest absolute Gasteiger partial charge is 0.354 e. The van der Waals surface area contributed by atoms with Crippen LogP contribution in [0.5, 0.6) is 0 Å². The number of nitrogens with one attached hydrogen (secondary N) is 1. The number of carbonyl (C=O) groups is 1. The highest BCUT2D eigenvalue weighted by Gasteiger charge is 2.14. The molecule has 0 aliphatic rings. The predicted octanol–water partition coefficient (Wildman–Crippen LogP) is 3.60. The van der Waals surface area contributed by atoms with Gasteiger partial charge >= 0.3 is 0 Å². The van der Waals surface area contributed by atoms with Gasteiger partial charge in [-0.25, -0.2) is 9.37 Å². The van der Waals surface area contributed by atoms with Crippen molar-refractivity contribution in [2.45, 2.75) is 13.0 Å². The Morgan fingerprint density at radius 2 is 1.82 bits per heavy atom. The SMILES string of the molecule is O=C(Cn1c(-c2ccc(F)cc2)cc2cccnc21)NCCc1ccncc1. The highest BCUT2D eigenvalue weighted by Crippen LogP contribution is 2.27. The molecule has 0 bridgehead atoms. The number of amides is 1. The quantitative estimate of drug-likeness (QED) is 0.561. The van der Waals surface area contributed by atoms with Gasteiger partial charge < -0.3 is 9.88 Å². The van der Waals surface area contributed by atoms with Gasteiger partial charge in [-0.15, -0.1) is 0 Å². The number of carbonyl (C=O) groups excluding carboxylic acids is 1. The maximum Gasteiger partial charge on any atom is 0.240 e. The lowest BCUT2D eigenvalue weighted by molar-refractivity contribution is -0.121.